The molecule has 1 fully saturated rings. The molecule has 80 valence electrons. The van der Waals surface area contributed by atoms with Crippen molar-refractivity contribution in [2.24, 2.45) is 16.8 Å². The summed E-state index contributed by atoms with van der Waals surface area (Å²) in [7, 11) is 0. The van der Waals surface area contributed by atoms with E-state index >= 15 is 0 Å². The summed E-state index contributed by atoms with van der Waals surface area (Å²) in [4.78, 5) is 4.33. The molecule has 0 bridgehead atoms. The summed E-state index contributed by atoms with van der Waals surface area (Å²) in [6.07, 6.45) is 5.60. The van der Waals surface area contributed by atoms with Crippen LogP contribution in [0.15, 0.2) is 4.99 Å². The van der Waals surface area contributed by atoms with E-state index in [0.717, 1.165) is 37.4 Å². The third-order valence-electron chi connectivity index (χ3n) is 3.37. The SMILES string of the molecule is CC1CCC(CNC2=NCCN2)CC1. The second kappa shape index (κ2) is 4.67. The Balaban J connectivity index is 1.65. The number of hydrogen-bond donors (Lipinski definition) is 2. The quantitative estimate of drug-likeness (QED) is 0.698. The third-order valence-corrected chi connectivity index (χ3v) is 3.37. The van der Waals surface area contributed by atoms with Crippen LogP contribution in [0.4, 0.5) is 0 Å². The standard InChI is InChI=1S/C11H21N3/c1-9-2-4-10(5-3-9)8-14-11-12-6-7-13-11/h9-10H,2-8H2,1H3,(H2,12,13,14). The molecule has 2 rings (SSSR count). The van der Waals surface area contributed by atoms with Crippen molar-refractivity contribution in [2.45, 2.75) is 32.6 Å². The molecule has 0 radical (unpaired) electrons. The summed E-state index contributed by atoms with van der Waals surface area (Å²) in [5.74, 6) is 2.84. The van der Waals surface area contributed by atoms with Crippen LogP contribution in [0.2, 0.25) is 0 Å². The first kappa shape index (κ1) is 9.81. The Hall–Kier alpha value is -0.730. The topological polar surface area (TPSA) is 36.4 Å². The first-order valence-electron chi connectivity index (χ1n) is 5.87. The van der Waals surface area contributed by atoms with Crippen LogP contribution in [-0.2, 0) is 0 Å². The van der Waals surface area contributed by atoms with Crippen LogP contribution in [0, 0.1) is 11.8 Å². The van der Waals surface area contributed by atoms with E-state index in [1.807, 2.05) is 0 Å². The second-order valence-corrected chi connectivity index (χ2v) is 4.66. The smallest absolute Gasteiger partial charge is 0.191 e. The fraction of sp³-hybridized carbons (Fsp3) is 0.909. The average molecular weight is 195 g/mol. The highest BCUT2D eigenvalue weighted by molar-refractivity contribution is 5.81. The molecule has 0 unspecified atom stereocenters. The van der Waals surface area contributed by atoms with Crippen LogP contribution in [-0.4, -0.2) is 25.6 Å². The van der Waals surface area contributed by atoms with Crippen LogP contribution in [0.5, 0.6) is 0 Å². The predicted molar refractivity (Wildman–Crippen MR) is 59.4 cm³/mol. The molecule has 1 aliphatic heterocycles. The van der Waals surface area contributed by atoms with Gasteiger partial charge < -0.3 is 10.6 Å². The molecule has 0 spiro atoms. The Morgan fingerprint density at radius 3 is 2.79 bits per heavy atom. The molecule has 2 N–H and O–H groups in total. The lowest BCUT2D eigenvalue weighted by Crippen LogP contribution is -2.37. The van der Waals surface area contributed by atoms with Gasteiger partial charge in [-0.15, -0.1) is 0 Å². The van der Waals surface area contributed by atoms with Gasteiger partial charge in [0.15, 0.2) is 5.96 Å². The number of nitrogens with one attached hydrogen (secondary N) is 2. The summed E-state index contributed by atoms with van der Waals surface area (Å²) in [5, 5.41) is 6.65. The third kappa shape index (κ3) is 2.63. The fourth-order valence-corrected chi connectivity index (χ4v) is 2.29. The summed E-state index contributed by atoms with van der Waals surface area (Å²) >= 11 is 0. The maximum atomic E-state index is 4.33. The number of hydrogen-bond acceptors (Lipinski definition) is 3. The average Bonchev–Trinajstić information content (AvgIpc) is 2.70. The largest absolute Gasteiger partial charge is 0.356 e. The van der Waals surface area contributed by atoms with Crippen molar-refractivity contribution in [2.75, 3.05) is 19.6 Å². The van der Waals surface area contributed by atoms with Crippen LogP contribution in [0.25, 0.3) is 0 Å². The zero-order valence-corrected chi connectivity index (χ0v) is 9.05. The van der Waals surface area contributed by atoms with Crippen molar-refractivity contribution in [1.82, 2.24) is 10.6 Å². The van der Waals surface area contributed by atoms with E-state index in [1.165, 1.54) is 25.7 Å². The van der Waals surface area contributed by atoms with E-state index in [1.54, 1.807) is 0 Å². The highest BCUT2D eigenvalue weighted by Gasteiger charge is 2.18. The van der Waals surface area contributed by atoms with Gasteiger partial charge in [-0.2, -0.15) is 0 Å². The monoisotopic (exact) mass is 195 g/mol. The molecule has 3 nitrogen and oxygen atoms in total. The molecule has 0 aromatic rings. The molecule has 0 saturated heterocycles. The van der Waals surface area contributed by atoms with Gasteiger partial charge in [-0.25, -0.2) is 0 Å². The lowest BCUT2D eigenvalue weighted by molar-refractivity contribution is 0.289. The van der Waals surface area contributed by atoms with Crippen LogP contribution >= 0.6 is 0 Å². The van der Waals surface area contributed by atoms with Crippen LogP contribution in [0.1, 0.15) is 32.6 Å². The van der Waals surface area contributed by atoms with Gasteiger partial charge in [0.2, 0.25) is 0 Å². The molecule has 1 aliphatic carbocycles. The molecular weight excluding hydrogens is 174 g/mol. The normalized spacial score (nSPS) is 32.2. The van der Waals surface area contributed by atoms with Gasteiger partial charge in [0, 0.05) is 13.1 Å². The van der Waals surface area contributed by atoms with Gasteiger partial charge >= 0.3 is 0 Å². The van der Waals surface area contributed by atoms with Crippen LogP contribution < -0.4 is 10.6 Å². The van der Waals surface area contributed by atoms with Gasteiger partial charge in [0.05, 0.1) is 6.54 Å². The number of nitrogens with zero attached hydrogens (tertiary/aromatic N) is 1. The summed E-state index contributed by atoms with van der Waals surface area (Å²) < 4.78 is 0. The molecular formula is C11H21N3. The molecule has 0 aromatic carbocycles. The fourth-order valence-electron chi connectivity index (χ4n) is 2.29. The van der Waals surface area contributed by atoms with Gasteiger partial charge in [-0.1, -0.05) is 19.8 Å². The highest BCUT2D eigenvalue weighted by Crippen LogP contribution is 2.27. The Bertz CT molecular complexity index is 205. The van der Waals surface area contributed by atoms with Gasteiger partial charge in [-0.3, -0.25) is 4.99 Å². The second-order valence-electron chi connectivity index (χ2n) is 4.66. The maximum Gasteiger partial charge on any atom is 0.191 e. The van der Waals surface area contributed by atoms with Crippen LogP contribution in [0.3, 0.4) is 0 Å². The molecule has 3 heteroatoms. The molecule has 1 heterocycles. The minimum absolute atomic E-state index is 0.872. The predicted octanol–water partition coefficient (Wildman–Crippen LogP) is 1.36. The Kier molecular flexibility index (Phi) is 3.27. The van der Waals surface area contributed by atoms with E-state index in [2.05, 4.69) is 22.5 Å². The Morgan fingerprint density at radius 1 is 1.36 bits per heavy atom. The Labute approximate surface area is 86.4 Å². The van der Waals surface area contributed by atoms with Gasteiger partial charge in [-0.05, 0) is 24.7 Å². The zero-order valence-electron chi connectivity index (χ0n) is 9.05. The van der Waals surface area contributed by atoms with Crippen molar-refractivity contribution in [3.05, 3.63) is 0 Å². The molecule has 2 aliphatic rings. The number of aliphatic imine (C=N–C) groups is 1. The molecule has 0 atom stereocenters. The van der Waals surface area contributed by atoms with E-state index in [4.69, 9.17) is 0 Å². The highest BCUT2D eigenvalue weighted by atomic mass is 15.2. The van der Waals surface area contributed by atoms with E-state index in [0.29, 0.717) is 0 Å². The minimum atomic E-state index is 0.872. The summed E-state index contributed by atoms with van der Waals surface area (Å²) in [6, 6.07) is 0. The zero-order chi connectivity index (χ0) is 9.80. The van der Waals surface area contributed by atoms with E-state index in [-0.39, 0.29) is 0 Å². The number of rotatable bonds is 2. The number of guanidine groups is 1. The molecule has 0 amide bonds. The van der Waals surface area contributed by atoms with E-state index < -0.39 is 0 Å². The molecule has 14 heavy (non-hydrogen) atoms. The van der Waals surface area contributed by atoms with Gasteiger partial charge in [0.25, 0.3) is 0 Å². The first-order valence-corrected chi connectivity index (χ1v) is 5.87. The van der Waals surface area contributed by atoms with Crippen molar-refractivity contribution in [3.8, 4) is 0 Å². The summed E-state index contributed by atoms with van der Waals surface area (Å²) in [5.41, 5.74) is 0. The van der Waals surface area contributed by atoms with Gasteiger partial charge in [0.1, 0.15) is 0 Å². The van der Waals surface area contributed by atoms with Crippen molar-refractivity contribution in [1.29, 1.82) is 0 Å². The lowest BCUT2D eigenvalue weighted by atomic mass is 9.83. The van der Waals surface area contributed by atoms with Crippen molar-refractivity contribution < 1.29 is 0 Å². The first-order chi connectivity index (χ1) is 6.84. The van der Waals surface area contributed by atoms with E-state index in [9.17, 15) is 0 Å². The van der Waals surface area contributed by atoms with Crippen molar-refractivity contribution in [3.63, 3.8) is 0 Å². The minimum Gasteiger partial charge on any atom is -0.356 e. The maximum absolute atomic E-state index is 4.33. The lowest BCUT2D eigenvalue weighted by Gasteiger charge is -2.26. The summed E-state index contributed by atoms with van der Waals surface area (Å²) in [6.45, 7) is 5.42. The Morgan fingerprint density at radius 2 is 2.14 bits per heavy atom. The molecule has 0 aromatic heterocycles. The molecule has 1 saturated carbocycles. The van der Waals surface area contributed by atoms with Crippen molar-refractivity contribution >= 4 is 5.96 Å².